The topological polar surface area (TPSA) is 97.5 Å². The van der Waals surface area contributed by atoms with Gasteiger partial charge in [0.1, 0.15) is 5.37 Å². The van der Waals surface area contributed by atoms with Gasteiger partial charge in [0, 0.05) is 6.26 Å². The van der Waals surface area contributed by atoms with Gasteiger partial charge in [0.25, 0.3) is 0 Å². The summed E-state index contributed by atoms with van der Waals surface area (Å²) in [6.45, 7) is 0. The van der Waals surface area contributed by atoms with Gasteiger partial charge in [-0.05, 0) is 11.6 Å². The van der Waals surface area contributed by atoms with Gasteiger partial charge in [-0.3, -0.25) is 0 Å². The second-order valence-corrected chi connectivity index (χ2v) is 5.31. The molecule has 0 spiro atoms. The maximum absolute atomic E-state index is 11.2. The standard InChI is InChI=1S/C9H11NO4S/c1-15(13,14)8(10)6-4-2-3-5-7(6)9(11)12/h2-5,8H,10H2,1H3,(H,11,12). The van der Waals surface area contributed by atoms with Crippen LogP contribution in [0.1, 0.15) is 21.3 Å². The number of nitrogens with two attached hydrogens (primary N) is 1. The van der Waals surface area contributed by atoms with E-state index >= 15 is 0 Å². The monoisotopic (exact) mass is 229 g/mol. The maximum Gasteiger partial charge on any atom is 0.336 e. The van der Waals surface area contributed by atoms with E-state index in [0.29, 0.717) is 0 Å². The van der Waals surface area contributed by atoms with Crippen molar-refractivity contribution in [2.24, 2.45) is 5.73 Å². The minimum Gasteiger partial charge on any atom is -0.478 e. The van der Waals surface area contributed by atoms with Gasteiger partial charge in [-0.25, -0.2) is 13.2 Å². The second-order valence-electron chi connectivity index (χ2n) is 3.14. The fraction of sp³-hybridized carbons (Fsp3) is 0.222. The van der Waals surface area contributed by atoms with Crippen LogP contribution in [0.3, 0.4) is 0 Å². The van der Waals surface area contributed by atoms with Gasteiger partial charge >= 0.3 is 5.97 Å². The van der Waals surface area contributed by atoms with Crippen molar-refractivity contribution in [1.29, 1.82) is 0 Å². The van der Waals surface area contributed by atoms with Gasteiger partial charge in [0.15, 0.2) is 9.84 Å². The van der Waals surface area contributed by atoms with E-state index in [1.54, 1.807) is 6.07 Å². The molecule has 0 heterocycles. The molecule has 5 nitrogen and oxygen atoms in total. The fourth-order valence-electron chi connectivity index (χ4n) is 1.17. The Morgan fingerprint density at radius 3 is 2.40 bits per heavy atom. The van der Waals surface area contributed by atoms with Crippen LogP contribution in [-0.4, -0.2) is 25.7 Å². The first-order valence-corrected chi connectivity index (χ1v) is 6.06. The summed E-state index contributed by atoms with van der Waals surface area (Å²) in [4.78, 5) is 10.8. The fourth-order valence-corrected chi connectivity index (χ4v) is 1.84. The number of sulfone groups is 1. The Morgan fingerprint density at radius 2 is 1.93 bits per heavy atom. The Balaban J connectivity index is 3.32. The van der Waals surface area contributed by atoms with E-state index in [9.17, 15) is 13.2 Å². The number of benzene rings is 1. The van der Waals surface area contributed by atoms with E-state index in [1.807, 2.05) is 0 Å². The number of hydrogen-bond donors (Lipinski definition) is 2. The van der Waals surface area contributed by atoms with Crippen LogP contribution in [-0.2, 0) is 9.84 Å². The Hall–Kier alpha value is -1.40. The van der Waals surface area contributed by atoms with Crippen LogP contribution in [0.2, 0.25) is 0 Å². The first-order valence-electron chi connectivity index (χ1n) is 4.10. The Bertz CT molecular complexity index is 481. The van der Waals surface area contributed by atoms with E-state index in [-0.39, 0.29) is 11.1 Å². The summed E-state index contributed by atoms with van der Waals surface area (Å²) in [6, 6.07) is 5.78. The van der Waals surface area contributed by atoms with Crippen molar-refractivity contribution in [2.45, 2.75) is 5.37 Å². The lowest BCUT2D eigenvalue weighted by atomic mass is 10.1. The summed E-state index contributed by atoms with van der Waals surface area (Å²) in [5.74, 6) is -1.19. The largest absolute Gasteiger partial charge is 0.478 e. The number of rotatable bonds is 3. The van der Waals surface area contributed by atoms with Gasteiger partial charge < -0.3 is 10.8 Å². The van der Waals surface area contributed by atoms with Crippen molar-refractivity contribution < 1.29 is 18.3 Å². The first-order chi connectivity index (χ1) is 6.84. The molecule has 0 aliphatic rings. The third kappa shape index (κ3) is 2.54. The number of hydrogen-bond acceptors (Lipinski definition) is 4. The minimum absolute atomic E-state index is 0.0876. The highest BCUT2D eigenvalue weighted by Gasteiger charge is 2.22. The molecule has 1 atom stereocenters. The predicted molar refractivity (Wildman–Crippen MR) is 55.2 cm³/mol. The number of carboxylic acids is 1. The molecule has 0 aliphatic heterocycles. The summed E-state index contributed by atoms with van der Waals surface area (Å²) in [5.41, 5.74) is 5.48. The van der Waals surface area contributed by atoms with Crippen molar-refractivity contribution in [1.82, 2.24) is 0 Å². The average molecular weight is 229 g/mol. The van der Waals surface area contributed by atoms with Crippen LogP contribution in [0.25, 0.3) is 0 Å². The zero-order valence-electron chi connectivity index (χ0n) is 8.04. The van der Waals surface area contributed by atoms with Gasteiger partial charge in [0.2, 0.25) is 0 Å². The van der Waals surface area contributed by atoms with E-state index in [1.165, 1.54) is 18.2 Å². The Kier molecular flexibility index (Phi) is 3.11. The highest BCUT2D eigenvalue weighted by atomic mass is 32.2. The molecule has 0 fully saturated rings. The molecule has 0 saturated heterocycles. The summed E-state index contributed by atoms with van der Waals surface area (Å²) in [6.07, 6.45) is 0.969. The molecular weight excluding hydrogens is 218 g/mol. The first kappa shape index (κ1) is 11.7. The highest BCUT2D eigenvalue weighted by molar-refractivity contribution is 7.90. The summed E-state index contributed by atoms with van der Waals surface area (Å²) < 4.78 is 22.4. The number of aromatic carboxylic acids is 1. The highest BCUT2D eigenvalue weighted by Crippen LogP contribution is 2.20. The zero-order chi connectivity index (χ0) is 11.6. The van der Waals surface area contributed by atoms with Crippen LogP contribution >= 0.6 is 0 Å². The molecule has 0 radical (unpaired) electrons. The van der Waals surface area contributed by atoms with E-state index in [0.717, 1.165) is 6.26 Å². The van der Waals surface area contributed by atoms with E-state index < -0.39 is 21.2 Å². The number of carbonyl (C=O) groups is 1. The molecule has 3 N–H and O–H groups in total. The molecule has 6 heteroatoms. The molecule has 0 aliphatic carbocycles. The second kappa shape index (κ2) is 4.00. The normalized spacial score (nSPS) is 13.5. The predicted octanol–water partition coefficient (Wildman–Crippen LogP) is 0.387. The van der Waals surface area contributed by atoms with Crippen LogP contribution in [0.4, 0.5) is 0 Å². The molecule has 1 rings (SSSR count). The Labute approximate surface area is 87.4 Å². The molecule has 0 amide bonds. The molecule has 0 aromatic heterocycles. The van der Waals surface area contributed by atoms with Crippen molar-refractivity contribution in [3.8, 4) is 0 Å². The SMILES string of the molecule is CS(=O)(=O)C(N)c1ccccc1C(=O)O. The summed E-state index contributed by atoms with van der Waals surface area (Å²) >= 11 is 0. The van der Waals surface area contributed by atoms with E-state index in [2.05, 4.69) is 0 Å². The van der Waals surface area contributed by atoms with Crippen molar-refractivity contribution in [3.05, 3.63) is 35.4 Å². The average Bonchev–Trinajstić information content (AvgIpc) is 2.15. The van der Waals surface area contributed by atoms with Crippen LogP contribution < -0.4 is 5.73 Å². The summed E-state index contributed by atoms with van der Waals surface area (Å²) in [7, 11) is -3.50. The molecule has 0 saturated carbocycles. The lowest BCUT2D eigenvalue weighted by molar-refractivity contribution is 0.0695. The van der Waals surface area contributed by atoms with E-state index in [4.69, 9.17) is 10.8 Å². The van der Waals surface area contributed by atoms with Crippen molar-refractivity contribution in [2.75, 3.05) is 6.26 Å². The molecule has 1 aromatic carbocycles. The van der Waals surface area contributed by atoms with Gasteiger partial charge in [-0.15, -0.1) is 0 Å². The molecule has 1 unspecified atom stereocenters. The summed E-state index contributed by atoms with van der Waals surface area (Å²) in [5, 5.41) is 7.53. The molecule has 82 valence electrons. The lowest BCUT2D eigenvalue weighted by Crippen LogP contribution is -2.22. The molecular formula is C9H11NO4S. The van der Waals surface area contributed by atoms with Crippen molar-refractivity contribution in [3.63, 3.8) is 0 Å². The third-order valence-electron chi connectivity index (χ3n) is 1.96. The molecule has 15 heavy (non-hydrogen) atoms. The maximum atomic E-state index is 11.2. The lowest BCUT2D eigenvalue weighted by Gasteiger charge is -2.12. The Morgan fingerprint density at radius 1 is 1.40 bits per heavy atom. The van der Waals surface area contributed by atoms with Gasteiger partial charge in [-0.1, -0.05) is 18.2 Å². The van der Waals surface area contributed by atoms with Gasteiger partial charge in [-0.2, -0.15) is 0 Å². The van der Waals surface area contributed by atoms with Gasteiger partial charge in [0.05, 0.1) is 5.56 Å². The van der Waals surface area contributed by atoms with Crippen molar-refractivity contribution >= 4 is 15.8 Å². The molecule has 1 aromatic rings. The van der Waals surface area contributed by atoms with Crippen LogP contribution in [0, 0.1) is 0 Å². The zero-order valence-corrected chi connectivity index (χ0v) is 8.86. The quantitative estimate of drug-likeness (QED) is 0.781. The number of carboxylic acid groups (broad SMARTS) is 1. The third-order valence-corrected chi connectivity index (χ3v) is 3.14. The molecule has 0 bridgehead atoms. The van der Waals surface area contributed by atoms with Crippen LogP contribution in [0.15, 0.2) is 24.3 Å². The minimum atomic E-state index is -3.50. The van der Waals surface area contributed by atoms with Crippen LogP contribution in [0.5, 0.6) is 0 Å². The smallest absolute Gasteiger partial charge is 0.336 e.